The second-order valence-corrected chi connectivity index (χ2v) is 5.71. The van der Waals surface area contributed by atoms with Crippen LogP contribution in [0.3, 0.4) is 0 Å². The quantitative estimate of drug-likeness (QED) is 0.900. The Bertz CT molecular complexity index is 568. The van der Waals surface area contributed by atoms with Crippen LogP contribution in [0.2, 0.25) is 0 Å². The molecule has 0 aliphatic carbocycles. The van der Waals surface area contributed by atoms with Gasteiger partial charge < -0.3 is 5.32 Å². The lowest BCUT2D eigenvalue weighted by atomic mass is 10.0. The number of thioether (sulfide) groups is 1. The number of rotatable bonds is 3. The van der Waals surface area contributed by atoms with Crippen molar-refractivity contribution in [3.8, 4) is 0 Å². The molecule has 1 aromatic heterocycles. The van der Waals surface area contributed by atoms with Crippen LogP contribution in [0.5, 0.6) is 0 Å². The third kappa shape index (κ3) is 2.66. The summed E-state index contributed by atoms with van der Waals surface area (Å²) in [6.07, 6.45) is 2.73. The molecule has 98 valence electrons. The Balaban J connectivity index is 1.71. The maximum Gasteiger partial charge on any atom is 0.237 e. The minimum atomic E-state index is -0.0899. The molecule has 0 fully saturated rings. The van der Waals surface area contributed by atoms with E-state index in [1.807, 2.05) is 18.2 Å². The van der Waals surface area contributed by atoms with Crippen LogP contribution in [0.1, 0.15) is 22.1 Å². The van der Waals surface area contributed by atoms with E-state index in [2.05, 4.69) is 27.6 Å². The highest BCUT2D eigenvalue weighted by atomic mass is 32.2. The van der Waals surface area contributed by atoms with Gasteiger partial charge in [0.1, 0.15) is 5.25 Å². The molecular weight excluding hydrogens is 258 g/mol. The third-order valence-corrected chi connectivity index (χ3v) is 4.48. The van der Waals surface area contributed by atoms with Crippen molar-refractivity contribution in [1.29, 1.82) is 0 Å². The zero-order valence-corrected chi connectivity index (χ0v) is 11.2. The summed E-state index contributed by atoms with van der Waals surface area (Å²) < 4.78 is 0. The second-order valence-electron chi connectivity index (χ2n) is 4.50. The zero-order valence-electron chi connectivity index (χ0n) is 10.4. The first kappa shape index (κ1) is 12.3. The van der Waals surface area contributed by atoms with Crippen molar-refractivity contribution in [1.82, 2.24) is 15.5 Å². The molecule has 0 radical (unpaired) electrons. The van der Waals surface area contributed by atoms with Crippen LogP contribution in [0, 0.1) is 0 Å². The number of hydrogen-bond acceptors (Lipinski definition) is 3. The molecule has 1 aromatic carbocycles. The number of hydrogen-bond donors (Lipinski definition) is 2. The number of nitrogens with one attached hydrogen (secondary N) is 2. The van der Waals surface area contributed by atoms with Crippen molar-refractivity contribution in [3.05, 3.63) is 53.3 Å². The van der Waals surface area contributed by atoms with Gasteiger partial charge in [0.2, 0.25) is 5.91 Å². The molecule has 1 atom stereocenters. The number of nitrogens with zero attached hydrogens (tertiary/aromatic N) is 1. The molecule has 0 saturated carbocycles. The Hall–Kier alpha value is -1.75. The summed E-state index contributed by atoms with van der Waals surface area (Å²) in [6.45, 7) is 0.498. The van der Waals surface area contributed by atoms with Gasteiger partial charge in [-0.05, 0) is 29.4 Å². The van der Waals surface area contributed by atoms with Crippen molar-refractivity contribution < 1.29 is 4.79 Å². The van der Waals surface area contributed by atoms with Gasteiger partial charge in [-0.25, -0.2) is 0 Å². The fourth-order valence-electron chi connectivity index (χ4n) is 2.27. The van der Waals surface area contributed by atoms with E-state index in [1.54, 1.807) is 18.0 Å². The van der Waals surface area contributed by atoms with Crippen molar-refractivity contribution in [2.75, 3.05) is 5.75 Å². The van der Waals surface area contributed by atoms with Gasteiger partial charge in [0.15, 0.2) is 0 Å². The van der Waals surface area contributed by atoms with Crippen LogP contribution >= 0.6 is 11.8 Å². The Morgan fingerprint density at radius 2 is 2.32 bits per heavy atom. The van der Waals surface area contributed by atoms with Gasteiger partial charge in [-0.3, -0.25) is 9.89 Å². The lowest BCUT2D eigenvalue weighted by molar-refractivity contribution is -0.120. The number of aryl methyl sites for hydroxylation is 1. The maximum atomic E-state index is 12.3. The number of aromatic nitrogens is 2. The average molecular weight is 273 g/mol. The molecule has 1 aliphatic rings. The predicted octanol–water partition coefficient (Wildman–Crippen LogP) is 2.06. The normalized spacial score (nSPS) is 17.8. The first-order chi connectivity index (χ1) is 9.34. The van der Waals surface area contributed by atoms with Gasteiger partial charge >= 0.3 is 0 Å². The SMILES string of the molecule is O=C(NCc1ccn[nH]1)[C@@H]1SCCc2ccccc21. The molecule has 0 bridgehead atoms. The standard InChI is InChI=1S/C14H15N3OS/c18-14(15-9-11-5-7-16-17-11)13-12-4-2-1-3-10(12)6-8-19-13/h1-5,7,13H,6,8-9H2,(H,15,18)(H,16,17)/t13-/m1/s1. The van der Waals surface area contributed by atoms with Gasteiger partial charge in [-0.1, -0.05) is 24.3 Å². The molecule has 19 heavy (non-hydrogen) atoms. The Kier molecular flexibility index (Phi) is 3.55. The topological polar surface area (TPSA) is 57.8 Å². The number of fused-ring (bicyclic) bond motifs is 1. The summed E-state index contributed by atoms with van der Waals surface area (Å²) >= 11 is 1.71. The monoisotopic (exact) mass is 273 g/mol. The van der Waals surface area contributed by atoms with Crippen LogP contribution in [0.4, 0.5) is 0 Å². The largest absolute Gasteiger partial charge is 0.349 e. The van der Waals surface area contributed by atoms with E-state index in [-0.39, 0.29) is 11.2 Å². The van der Waals surface area contributed by atoms with Crippen molar-refractivity contribution in [2.24, 2.45) is 0 Å². The van der Waals surface area contributed by atoms with Gasteiger partial charge in [0.05, 0.1) is 12.2 Å². The second kappa shape index (κ2) is 5.48. The molecule has 0 saturated heterocycles. The molecule has 3 rings (SSSR count). The predicted molar refractivity (Wildman–Crippen MR) is 75.8 cm³/mol. The van der Waals surface area contributed by atoms with Crippen molar-refractivity contribution >= 4 is 17.7 Å². The van der Waals surface area contributed by atoms with Gasteiger partial charge in [-0.15, -0.1) is 11.8 Å². The molecule has 1 aliphatic heterocycles. The summed E-state index contributed by atoms with van der Waals surface area (Å²) in [6, 6.07) is 10.1. The smallest absolute Gasteiger partial charge is 0.237 e. The molecule has 0 unspecified atom stereocenters. The number of H-pyrrole nitrogens is 1. The average Bonchev–Trinajstić information content (AvgIpc) is 2.97. The highest BCUT2D eigenvalue weighted by Gasteiger charge is 2.26. The first-order valence-electron chi connectivity index (χ1n) is 6.30. The molecule has 2 aromatic rings. The van der Waals surface area contributed by atoms with Crippen molar-refractivity contribution in [3.63, 3.8) is 0 Å². The summed E-state index contributed by atoms with van der Waals surface area (Å²) in [5.41, 5.74) is 3.37. The van der Waals surface area contributed by atoms with Crippen LogP contribution < -0.4 is 5.32 Å². The van der Waals surface area contributed by atoms with Gasteiger partial charge in [0.25, 0.3) is 0 Å². The zero-order chi connectivity index (χ0) is 13.1. The summed E-state index contributed by atoms with van der Waals surface area (Å²) in [7, 11) is 0. The van der Waals surface area contributed by atoms with Crippen molar-refractivity contribution in [2.45, 2.75) is 18.2 Å². The highest BCUT2D eigenvalue weighted by Crippen LogP contribution is 2.36. The van der Waals surface area contributed by atoms with Crippen LogP contribution in [0.15, 0.2) is 36.5 Å². The van der Waals surface area contributed by atoms with E-state index in [0.717, 1.165) is 23.4 Å². The number of aromatic amines is 1. The third-order valence-electron chi connectivity index (χ3n) is 3.24. The molecule has 2 heterocycles. The minimum Gasteiger partial charge on any atom is -0.349 e. The molecule has 1 amide bonds. The summed E-state index contributed by atoms with van der Waals surface area (Å²) in [4.78, 5) is 12.3. The molecule has 2 N–H and O–H groups in total. The number of benzene rings is 1. The van der Waals surface area contributed by atoms with E-state index in [1.165, 1.54) is 5.56 Å². The summed E-state index contributed by atoms with van der Waals surface area (Å²) in [5, 5.41) is 9.58. The molecule has 5 heteroatoms. The van der Waals surface area contributed by atoms with Gasteiger partial charge in [0, 0.05) is 6.20 Å². The molecule has 0 spiro atoms. The van der Waals surface area contributed by atoms with Crippen LogP contribution in [-0.2, 0) is 17.8 Å². The van der Waals surface area contributed by atoms with Crippen LogP contribution in [0.25, 0.3) is 0 Å². The Labute approximate surface area is 116 Å². The summed E-state index contributed by atoms with van der Waals surface area (Å²) in [5.74, 6) is 1.07. The lowest BCUT2D eigenvalue weighted by Gasteiger charge is -2.24. The highest BCUT2D eigenvalue weighted by molar-refractivity contribution is 8.00. The van der Waals surface area contributed by atoms with E-state index in [9.17, 15) is 4.79 Å². The molecule has 4 nitrogen and oxygen atoms in total. The van der Waals surface area contributed by atoms with E-state index < -0.39 is 0 Å². The number of carbonyl (C=O) groups excluding carboxylic acids is 1. The van der Waals surface area contributed by atoms with E-state index >= 15 is 0 Å². The van der Waals surface area contributed by atoms with E-state index in [4.69, 9.17) is 0 Å². The van der Waals surface area contributed by atoms with E-state index in [0.29, 0.717) is 6.54 Å². The first-order valence-corrected chi connectivity index (χ1v) is 7.35. The van der Waals surface area contributed by atoms with Crippen LogP contribution in [-0.4, -0.2) is 21.9 Å². The number of carbonyl (C=O) groups is 1. The number of amides is 1. The lowest BCUT2D eigenvalue weighted by Crippen LogP contribution is -2.29. The minimum absolute atomic E-state index is 0.0757. The van der Waals surface area contributed by atoms with Gasteiger partial charge in [-0.2, -0.15) is 5.10 Å². The molecular formula is C14H15N3OS. The fourth-order valence-corrected chi connectivity index (χ4v) is 3.49. The Morgan fingerprint density at radius 3 is 3.16 bits per heavy atom. The maximum absolute atomic E-state index is 12.3. The fraction of sp³-hybridized carbons (Fsp3) is 0.286. The Morgan fingerprint density at radius 1 is 1.42 bits per heavy atom.